The summed E-state index contributed by atoms with van der Waals surface area (Å²) in [4.78, 5) is 21.6. The van der Waals surface area contributed by atoms with Gasteiger partial charge in [0.2, 0.25) is 0 Å². The normalized spacial score (nSPS) is 12.1. The van der Waals surface area contributed by atoms with Crippen molar-refractivity contribution in [3.8, 4) is 0 Å². The van der Waals surface area contributed by atoms with Crippen LogP contribution in [0.1, 0.15) is 36.8 Å². The van der Waals surface area contributed by atoms with E-state index in [1.165, 1.54) is 6.07 Å². The van der Waals surface area contributed by atoms with E-state index in [0.29, 0.717) is 24.0 Å². The summed E-state index contributed by atoms with van der Waals surface area (Å²) in [6.07, 6.45) is 1.07. The Bertz CT molecular complexity index is 442. The number of benzene rings is 1. The summed E-state index contributed by atoms with van der Waals surface area (Å²) in [5, 5.41) is 20.1. The average Bonchev–Trinajstić information content (AvgIpc) is 2.24. The van der Waals surface area contributed by atoms with Gasteiger partial charge in [0.25, 0.3) is 5.69 Å². The van der Waals surface area contributed by atoms with Crippen LogP contribution >= 0.6 is 0 Å². The molecule has 0 saturated heterocycles. The van der Waals surface area contributed by atoms with Crippen LogP contribution in [0.25, 0.3) is 0 Å². The quantitative estimate of drug-likeness (QED) is 0.630. The van der Waals surface area contributed by atoms with Gasteiger partial charge in [0, 0.05) is 11.1 Å². The Morgan fingerprint density at radius 3 is 2.65 bits per heavy atom. The van der Waals surface area contributed by atoms with Crippen LogP contribution in [0.3, 0.4) is 0 Å². The van der Waals surface area contributed by atoms with Gasteiger partial charge in [-0.05, 0) is 13.3 Å². The Morgan fingerprint density at radius 2 is 2.18 bits per heavy atom. The first-order valence-electron chi connectivity index (χ1n) is 5.45. The SMILES string of the molecule is CCCC(C(=O)O)c1cccc(C)c1[N+](=O)[O-]. The molecule has 1 N–H and O–H groups in total. The molecule has 0 aliphatic heterocycles. The summed E-state index contributed by atoms with van der Waals surface area (Å²) >= 11 is 0. The first kappa shape index (κ1) is 13.2. The van der Waals surface area contributed by atoms with Gasteiger partial charge >= 0.3 is 5.97 Å². The number of para-hydroxylation sites is 1. The van der Waals surface area contributed by atoms with E-state index in [4.69, 9.17) is 5.11 Å². The smallest absolute Gasteiger partial charge is 0.311 e. The second-order valence-corrected chi connectivity index (χ2v) is 3.95. The van der Waals surface area contributed by atoms with Gasteiger partial charge in [0.15, 0.2) is 0 Å². The fraction of sp³-hybridized carbons (Fsp3) is 0.417. The molecule has 0 heterocycles. The number of carbonyl (C=O) groups is 1. The molecule has 0 aliphatic rings. The topological polar surface area (TPSA) is 80.4 Å². The summed E-state index contributed by atoms with van der Waals surface area (Å²) in [5.41, 5.74) is 0.715. The molecule has 0 aliphatic carbocycles. The highest BCUT2D eigenvalue weighted by Gasteiger charge is 2.28. The van der Waals surface area contributed by atoms with Crippen LogP contribution in [0.4, 0.5) is 5.69 Å². The van der Waals surface area contributed by atoms with E-state index in [1.807, 2.05) is 6.92 Å². The van der Waals surface area contributed by atoms with Crippen molar-refractivity contribution in [1.82, 2.24) is 0 Å². The maximum Gasteiger partial charge on any atom is 0.311 e. The zero-order valence-electron chi connectivity index (χ0n) is 9.84. The van der Waals surface area contributed by atoms with Gasteiger partial charge in [-0.15, -0.1) is 0 Å². The number of carboxylic acid groups (broad SMARTS) is 1. The minimum Gasteiger partial charge on any atom is -0.481 e. The van der Waals surface area contributed by atoms with Crippen LogP contribution in [0, 0.1) is 17.0 Å². The van der Waals surface area contributed by atoms with Crippen molar-refractivity contribution < 1.29 is 14.8 Å². The Kier molecular flexibility index (Phi) is 4.20. The molecule has 1 atom stereocenters. The minimum atomic E-state index is -1.01. The summed E-state index contributed by atoms with van der Waals surface area (Å²) in [6, 6.07) is 4.80. The summed E-state index contributed by atoms with van der Waals surface area (Å²) in [6.45, 7) is 3.48. The average molecular weight is 237 g/mol. The largest absolute Gasteiger partial charge is 0.481 e. The Balaban J connectivity index is 3.32. The molecule has 17 heavy (non-hydrogen) atoms. The zero-order chi connectivity index (χ0) is 13.0. The number of hydrogen-bond acceptors (Lipinski definition) is 3. The zero-order valence-corrected chi connectivity index (χ0v) is 9.84. The molecule has 5 heteroatoms. The lowest BCUT2D eigenvalue weighted by atomic mass is 9.91. The van der Waals surface area contributed by atoms with Gasteiger partial charge in [-0.2, -0.15) is 0 Å². The third kappa shape index (κ3) is 2.81. The minimum absolute atomic E-state index is 0.0756. The molecule has 0 spiro atoms. The van der Waals surface area contributed by atoms with Crippen LogP contribution in [0.5, 0.6) is 0 Å². The number of nitrogens with zero attached hydrogens (tertiary/aromatic N) is 1. The van der Waals surface area contributed by atoms with Crippen molar-refractivity contribution in [2.75, 3.05) is 0 Å². The first-order valence-corrected chi connectivity index (χ1v) is 5.45. The number of nitro groups is 1. The second kappa shape index (κ2) is 5.43. The highest BCUT2D eigenvalue weighted by atomic mass is 16.6. The molecular weight excluding hydrogens is 222 g/mol. The highest BCUT2D eigenvalue weighted by molar-refractivity contribution is 5.78. The van der Waals surface area contributed by atoms with Crippen LogP contribution in [0.15, 0.2) is 18.2 Å². The fourth-order valence-corrected chi connectivity index (χ4v) is 1.91. The molecule has 5 nitrogen and oxygen atoms in total. The lowest BCUT2D eigenvalue weighted by molar-refractivity contribution is -0.386. The summed E-state index contributed by atoms with van der Waals surface area (Å²) in [5.74, 6) is -1.82. The predicted molar refractivity (Wildman–Crippen MR) is 63.1 cm³/mol. The van der Waals surface area contributed by atoms with E-state index >= 15 is 0 Å². The molecule has 0 aromatic heterocycles. The molecule has 0 fully saturated rings. The number of rotatable bonds is 5. The molecule has 1 rings (SSSR count). The van der Waals surface area contributed by atoms with Crippen LogP contribution in [0.2, 0.25) is 0 Å². The molecule has 0 radical (unpaired) electrons. The van der Waals surface area contributed by atoms with Crippen molar-refractivity contribution in [3.63, 3.8) is 0 Å². The van der Waals surface area contributed by atoms with Gasteiger partial charge < -0.3 is 5.11 Å². The van der Waals surface area contributed by atoms with E-state index in [2.05, 4.69) is 0 Å². The molecular formula is C12H15NO4. The Labute approximate surface area is 99.2 Å². The van der Waals surface area contributed by atoms with E-state index < -0.39 is 16.8 Å². The molecule has 1 unspecified atom stereocenters. The maximum atomic E-state index is 11.2. The first-order chi connectivity index (χ1) is 7.99. The number of nitro benzene ring substituents is 1. The fourth-order valence-electron chi connectivity index (χ4n) is 1.91. The predicted octanol–water partition coefficient (Wildman–Crippen LogP) is 2.87. The molecule has 1 aromatic rings. The van der Waals surface area contributed by atoms with E-state index in [-0.39, 0.29) is 5.69 Å². The van der Waals surface area contributed by atoms with Crippen molar-refractivity contribution in [3.05, 3.63) is 39.4 Å². The lowest BCUT2D eigenvalue weighted by Crippen LogP contribution is -2.13. The van der Waals surface area contributed by atoms with Crippen LogP contribution in [-0.2, 0) is 4.79 Å². The van der Waals surface area contributed by atoms with Crippen LogP contribution < -0.4 is 0 Å². The van der Waals surface area contributed by atoms with Crippen molar-refractivity contribution in [2.24, 2.45) is 0 Å². The Hall–Kier alpha value is -1.91. The van der Waals surface area contributed by atoms with Crippen molar-refractivity contribution in [2.45, 2.75) is 32.6 Å². The van der Waals surface area contributed by atoms with Gasteiger partial charge in [0.1, 0.15) is 0 Å². The monoisotopic (exact) mass is 237 g/mol. The van der Waals surface area contributed by atoms with Gasteiger partial charge in [-0.3, -0.25) is 14.9 Å². The molecule has 0 amide bonds. The third-order valence-electron chi connectivity index (χ3n) is 2.70. The van der Waals surface area contributed by atoms with Crippen molar-refractivity contribution in [1.29, 1.82) is 0 Å². The molecule has 1 aromatic carbocycles. The van der Waals surface area contributed by atoms with E-state index in [9.17, 15) is 14.9 Å². The number of carboxylic acids is 1. The molecule has 92 valence electrons. The molecule has 0 saturated carbocycles. The third-order valence-corrected chi connectivity index (χ3v) is 2.70. The number of aryl methyl sites for hydroxylation is 1. The van der Waals surface area contributed by atoms with Crippen molar-refractivity contribution >= 4 is 11.7 Å². The van der Waals surface area contributed by atoms with Crippen LogP contribution in [-0.4, -0.2) is 16.0 Å². The van der Waals surface area contributed by atoms with Gasteiger partial charge in [-0.25, -0.2) is 0 Å². The highest BCUT2D eigenvalue weighted by Crippen LogP contribution is 2.32. The maximum absolute atomic E-state index is 11.2. The van der Waals surface area contributed by atoms with Gasteiger partial charge in [0.05, 0.1) is 10.8 Å². The lowest BCUT2D eigenvalue weighted by Gasteiger charge is -2.12. The summed E-state index contributed by atoms with van der Waals surface area (Å²) < 4.78 is 0. The van der Waals surface area contributed by atoms with E-state index in [0.717, 1.165) is 0 Å². The summed E-state index contributed by atoms with van der Waals surface area (Å²) in [7, 11) is 0. The Morgan fingerprint density at radius 1 is 1.53 bits per heavy atom. The van der Waals surface area contributed by atoms with E-state index in [1.54, 1.807) is 19.1 Å². The number of hydrogen-bond donors (Lipinski definition) is 1. The number of aliphatic carboxylic acids is 1. The standard InChI is InChI=1S/C12H15NO4/c1-3-5-10(12(14)15)9-7-4-6-8(2)11(9)13(16)17/h4,6-7,10H,3,5H2,1-2H3,(H,14,15). The molecule has 0 bridgehead atoms. The second-order valence-electron chi connectivity index (χ2n) is 3.95. The van der Waals surface area contributed by atoms with Gasteiger partial charge in [-0.1, -0.05) is 31.5 Å².